The monoisotopic (exact) mass is 443 g/mol. The average molecular weight is 444 g/mol. The maximum Gasteiger partial charge on any atom is 0.191 e. The highest BCUT2D eigenvalue weighted by Gasteiger charge is 2.05. The summed E-state index contributed by atoms with van der Waals surface area (Å²) in [6, 6.07) is 7.37. The van der Waals surface area contributed by atoms with Crippen molar-refractivity contribution in [3.8, 4) is 5.75 Å². The third-order valence-electron chi connectivity index (χ3n) is 2.53. The maximum atomic E-state index is 5.84. The third-order valence-corrected chi connectivity index (χ3v) is 3.39. The number of ether oxygens (including phenoxy) is 1. The van der Waals surface area contributed by atoms with Crippen LogP contribution in [0, 0.1) is 0 Å². The molecule has 0 saturated carbocycles. The van der Waals surface area contributed by atoms with Gasteiger partial charge in [-0.3, -0.25) is 4.99 Å². The highest BCUT2D eigenvalue weighted by molar-refractivity contribution is 14.0. The number of guanidine groups is 1. The van der Waals surface area contributed by atoms with Crippen molar-refractivity contribution in [3.05, 3.63) is 29.3 Å². The fourth-order valence-electron chi connectivity index (χ4n) is 1.52. The zero-order valence-electron chi connectivity index (χ0n) is 12.6. The Balaban J connectivity index is 0.00000400. The van der Waals surface area contributed by atoms with E-state index < -0.39 is 0 Å². The largest absolute Gasteiger partial charge is 0.489 e. The Morgan fingerprint density at radius 3 is 2.57 bits per heavy atom. The second-order valence-electron chi connectivity index (χ2n) is 4.26. The van der Waals surface area contributed by atoms with Gasteiger partial charge in [0.2, 0.25) is 0 Å². The Labute approximate surface area is 153 Å². The van der Waals surface area contributed by atoms with Crippen LogP contribution in [0.15, 0.2) is 29.3 Å². The smallest absolute Gasteiger partial charge is 0.191 e. The summed E-state index contributed by atoms with van der Waals surface area (Å²) in [5, 5.41) is 7.19. The number of nitrogens with one attached hydrogen (secondary N) is 2. The second kappa shape index (κ2) is 12.2. The lowest BCUT2D eigenvalue weighted by atomic mass is 10.3. The zero-order valence-corrected chi connectivity index (χ0v) is 16.5. The Morgan fingerprint density at radius 1 is 1.33 bits per heavy atom. The van der Waals surface area contributed by atoms with Crippen molar-refractivity contribution in [2.24, 2.45) is 4.99 Å². The molecule has 0 spiro atoms. The SMILES string of the molecule is CN=C(NCCSC)NCC(C)Oc1ccc(Cl)cc1.I. The van der Waals surface area contributed by atoms with Crippen molar-refractivity contribution in [1.29, 1.82) is 0 Å². The first kappa shape index (κ1) is 20.7. The van der Waals surface area contributed by atoms with Gasteiger partial charge >= 0.3 is 0 Å². The van der Waals surface area contributed by atoms with Crippen LogP contribution in [0.3, 0.4) is 0 Å². The van der Waals surface area contributed by atoms with Crippen molar-refractivity contribution in [3.63, 3.8) is 0 Å². The van der Waals surface area contributed by atoms with E-state index in [2.05, 4.69) is 21.9 Å². The lowest BCUT2D eigenvalue weighted by Crippen LogP contribution is -2.42. The van der Waals surface area contributed by atoms with E-state index in [1.807, 2.05) is 31.2 Å². The molecule has 1 atom stereocenters. The molecule has 0 radical (unpaired) electrons. The van der Waals surface area contributed by atoms with Crippen LogP contribution in [0.4, 0.5) is 0 Å². The van der Waals surface area contributed by atoms with Crippen LogP contribution >= 0.6 is 47.3 Å². The Morgan fingerprint density at radius 2 is 2.00 bits per heavy atom. The molecular formula is C14H23ClIN3OS. The van der Waals surface area contributed by atoms with Gasteiger partial charge in [0.05, 0.1) is 6.54 Å². The minimum atomic E-state index is 0. The van der Waals surface area contributed by atoms with Crippen molar-refractivity contribution < 1.29 is 4.74 Å². The highest BCUT2D eigenvalue weighted by atomic mass is 127. The van der Waals surface area contributed by atoms with Crippen LogP contribution in [-0.2, 0) is 0 Å². The van der Waals surface area contributed by atoms with E-state index in [0.29, 0.717) is 11.6 Å². The van der Waals surface area contributed by atoms with Crippen LogP contribution < -0.4 is 15.4 Å². The minimum Gasteiger partial charge on any atom is -0.489 e. The maximum absolute atomic E-state index is 5.84. The summed E-state index contributed by atoms with van der Waals surface area (Å²) in [5.41, 5.74) is 0. The summed E-state index contributed by atoms with van der Waals surface area (Å²) in [4.78, 5) is 4.16. The van der Waals surface area contributed by atoms with E-state index in [1.165, 1.54) is 0 Å². The fraction of sp³-hybridized carbons (Fsp3) is 0.500. The molecule has 0 fully saturated rings. The summed E-state index contributed by atoms with van der Waals surface area (Å²) in [7, 11) is 1.76. The minimum absolute atomic E-state index is 0. The van der Waals surface area contributed by atoms with E-state index in [1.54, 1.807) is 18.8 Å². The standard InChI is InChI=1S/C14H22ClN3OS.HI/c1-11(19-13-6-4-12(15)5-7-13)10-18-14(16-2)17-8-9-20-3;/h4-7,11H,8-10H2,1-3H3,(H2,16,17,18);1H. The van der Waals surface area contributed by atoms with Gasteiger partial charge in [-0.2, -0.15) is 11.8 Å². The molecule has 1 aromatic carbocycles. The van der Waals surface area contributed by atoms with E-state index in [4.69, 9.17) is 16.3 Å². The number of hydrogen-bond donors (Lipinski definition) is 2. The van der Waals surface area contributed by atoms with Crippen molar-refractivity contribution >= 4 is 53.3 Å². The van der Waals surface area contributed by atoms with Gasteiger partial charge < -0.3 is 15.4 Å². The number of benzene rings is 1. The number of nitrogens with zero attached hydrogens (tertiary/aromatic N) is 1. The lowest BCUT2D eigenvalue weighted by Gasteiger charge is -2.17. The normalized spacial score (nSPS) is 12.3. The van der Waals surface area contributed by atoms with Crippen LogP contribution in [0.1, 0.15) is 6.92 Å². The Kier molecular flexibility index (Phi) is 12.0. The number of thioether (sulfide) groups is 1. The van der Waals surface area contributed by atoms with Crippen molar-refractivity contribution in [1.82, 2.24) is 10.6 Å². The number of rotatable bonds is 7. The molecule has 0 aliphatic rings. The zero-order chi connectivity index (χ0) is 14.8. The summed E-state index contributed by atoms with van der Waals surface area (Å²) < 4.78 is 5.78. The number of aliphatic imine (C=N–C) groups is 1. The van der Waals surface area contributed by atoms with Crippen LogP contribution in [0.2, 0.25) is 5.02 Å². The molecule has 0 bridgehead atoms. The van der Waals surface area contributed by atoms with E-state index in [9.17, 15) is 0 Å². The molecule has 1 unspecified atom stereocenters. The second-order valence-corrected chi connectivity index (χ2v) is 5.68. The first-order valence-electron chi connectivity index (χ1n) is 6.51. The van der Waals surface area contributed by atoms with Crippen LogP contribution in [0.5, 0.6) is 5.75 Å². The molecule has 4 nitrogen and oxygen atoms in total. The lowest BCUT2D eigenvalue weighted by molar-refractivity contribution is 0.224. The highest BCUT2D eigenvalue weighted by Crippen LogP contribution is 2.16. The predicted octanol–water partition coefficient (Wildman–Crippen LogP) is 3.25. The first-order chi connectivity index (χ1) is 9.65. The summed E-state index contributed by atoms with van der Waals surface area (Å²) in [6.45, 7) is 3.59. The van der Waals surface area contributed by atoms with Crippen LogP contribution in [-0.4, -0.2) is 44.2 Å². The van der Waals surface area contributed by atoms with Gasteiger partial charge in [-0.15, -0.1) is 24.0 Å². The fourth-order valence-corrected chi connectivity index (χ4v) is 1.95. The summed E-state index contributed by atoms with van der Waals surface area (Å²) in [6.07, 6.45) is 2.12. The molecule has 7 heteroatoms. The average Bonchev–Trinajstić information content (AvgIpc) is 2.45. The van der Waals surface area contributed by atoms with Gasteiger partial charge in [0.15, 0.2) is 5.96 Å². The molecule has 0 aliphatic heterocycles. The van der Waals surface area contributed by atoms with Gasteiger partial charge in [0.1, 0.15) is 11.9 Å². The topological polar surface area (TPSA) is 45.7 Å². The van der Waals surface area contributed by atoms with Gasteiger partial charge in [0.25, 0.3) is 0 Å². The third kappa shape index (κ3) is 9.31. The molecule has 120 valence electrons. The van der Waals surface area contributed by atoms with Gasteiger partial charge in [0, 0.05) is 24.4 Å². The Hall–Kier alpha value is -0.340. The van der Waals surface area contributed by atoms with Gasteiger partial charge in [-0.1, -0.05) is 11.6 Å². The quantitative estimate of drug-likeness (QED) is 0.294. The molecule has 0 amide bonds. The number of hydrogen-bond acceptors (Lipinski definition) is 3. The van der Waals surface area contributed by atoms with Gasteiger partial charge in [-0.25, -0.2) is 0 Å². The molecule has 0 aliphatic carbocycles. The number of halogens is 2. The van der Waals surface area contributed by atoms with Crippen LogP contribution in [0.25, 0.3) is 0 Å². The van der Waals surface area contributed by atoms with E-state index in [0.717, 1.165) is 24.0 Å². The molecule has 1 aromatic rings. The van der Waals surface area contributed by atoms with E-state index >= 15 is 0 Å². The first-order valence-corrected chi connectivity index (χ1v) is 8.28. The van der Waals surface area contributed by atoms with Gasteiger partial charge in [-0.05, 0) is 37.4 Å². The Bertz CT molecular complexity index is 417. The molecule has 0 heterocycles. The molecule has 2 N–H and O–H groups in total. The molecule has 21 heavy (non-hydrogen) atoms. The molecule has 0 aromatic heterocycles. The van der Waals surface area contributed by atoms with E-state index in [-0.39, 0.29) is 30.1 Å². The summed E-state index contributed by atoms with van der Waals surface area (Å²) in [5.74, 6) is 2.66. The molecule has 0 saturated heterocycles. The molecule has 1 rings (SSSR count). The molecular weight excluding hydrogens is 421 g/mol. The summed E-state index contributed by atoms with van der Waals surface area (Å²) >= 11 is 7.64. The van der Waals surface area contributed by atoms with Crippen molar-refractivity contribution in [2.75, 3.05) is 32.1 Å². The van der Waals surface area contributed by atoms with Crippen molar-refractivity contribution in [2.45, 2.75) is 13.0 Å². The predicted molar refractivity (Wildman–Crippen MR) is 105 cm³/mol.